The van der Waals surface area contributed by atoms with Gasteiger partial charge in [0, 0.05) is 17.3 Å². The molecule has 1 heterocycles. The van der Waals surface area contributed by atoms with Gasteiger partial charge in [-0.2, -0.15) is 5.26 Å². The lowest BCUT2D eigenvalue weighted by Gasteiger charge is -2.13. The zero-order valence-electron chi connectivity index (χ0n) is 13.9. The van der Waals surface area contributed by atoms with Gasteiger partial charge in [-0.1, -0.05) is 30.3 Å². The van der Waals surface area contributed by atoms with Crippen molar-refractivity contribution in [1.82, 2.24) is 9.55 Å². The first-order valence-corrected chi connectivity index (χ1v) is 9.05. The van der Waals surface area contributed by atoms with Crippen molar-refractivity contribution >= 4 is 45.8 Å². The molecule has 0 saturated heterocycles. The lowest BCUT2D eigenvalue weighted by molar-refractivity contribution is -0.117. The van der Waals surface area contributed by atoms with Gasteiger partial charge in [-0.3, -0.25) is 14.2 Å². The number of benzene rings is 1. The Bertz CT molecular complexity index is 933. The molecule has 0 aliphatic rings. The van der Waals surface area contributed by atoms with Gasteiger partial charge in [0.2, 0.25) is 0 Å². The molecule has 0 unspecified atom stereocenters. The third kappa shape index (κ3) is 4.27. The van der Waals surface area contributed by atoms with Crippen LogP contribution in [-0.2, 0) is 11.3 Å². The van der Waals surface area contributed by atoms with E-state index in [1.165, 1.54) is 11.5 Å². The predicted octanol–water partition coefficient (Wildman–Crippen LogP) is 3.30. The summed E-state index contributed by atoms with van der Waals surface area (Å²) in [6.07, 6.45) is 0.739. The molecule has 25 heavy (non-hydrogen) atoms. The van der Waals surface area contributed by atoms with Crippen molar-refractivity contribution in [1.29, 1.82) is 10.7 Å². The maximum Gasteiger partial charge on any atom is 0.262 e. The molecule has 0 bridgehead atoms. The van der Waals surface area contributed by atoms with Gasteiger partial charge in [0.1, 0.15) is 5.92 Å². The molecule has 8 heteroatoms. The number of carbonyl (C=O) groups excluding carboxylic acids is 1. The number of ketones is 1. The second kappa shape index (κ2) is 8.28. The van der Waals surface area contributed by atoms with Crippen molar-refractivity contribution in [3.8, 4) is 6.07 Å². The molecule has 2 aromatic rings. The molecule has 1 N–H and O–H groups in total. The summed E-state index contributed by atoms with van der Waals surface area (Å²) in [5.74, 6) is -1.46. The van der Waals surface area contributed by atoms with Crippen LogP contribution in [0.25, 0.3) is 10.9 Å². The van der Waals surface area contributed by atoms with Crippen LogP contribution >= 0.6 is 23.4 Å². The van der Waals surface area contributed by atoms with Crippen molar-refractivity contribution < 1.29 is 4.79 Å². The Labute approximate surface area is 154 Å². The number of nitriles is 1. The summed E-state index contributed by atoms with van der Waals surface area (Å²) in [5.41, 5.74) is 0.302. The van der Waals surface area contributed by atoms with Gasteiger partial charge < -0.3 is 5.41 Å². The average Bonchev–Trinajstić information content (AvgIpc) is 2.56. The van der Waals surface area contributed by atoms with E-state index >= 15 is 0 Å². The van der Waals surface area contributed by atoms with Crippen LogP contribution in [-0.4, -0.2) is 26.8 Å². The summed E-state index contributed by atoms with van der Waals surface area (Å²) < 4.78 is 1.53. The molecule has 1 atom stereocenters. The molecule has 0 amide bonds. The van der Waals surface area contributed by atoms with E-state index in [1.807, 2.05) is 13.0 Å². The normalized spacial score (nSPS) is 11.9. The zero-order valence-corrected chi connectivity index (χ0v) is 15.4. The number of carbonyl (C=O) groups is 1. The van der Waals surface area contributed by atoms with Gasteiger partial charge in [-0.05, 0) is 31.5 Å². The van der Waals surface area contributed by atoms with Crippen LogP contribution in [0.5, 0.6) is 0 Å². The Kier molecular flexibility index (Phi) is 6.34. The first-order chi connectivity index (χ1) is 11.9. The number of fused-ring (bicyclic) bond motifs is 1. The summed E-state index contributed by atoms with van der Waals surface area (Å²) in [6.45, 7) is 3.86. The topological polar surface area (TPSA) is 99.6 Å². The van der Waals surface area contributed by atoms with Crippen LogP contribution < -0.4 is 5.56 Å². The summed E-state index contributed by atoms with van der Waals surface area (Å²) >= 11 is 7.08. The van der Waals surface area contributed by atoms with Gasteiger partial charge in [0.15, 0.2) is 10.9 Å². The second-order valence-corrected chi connectivity index (χ2v) is 6.89. The van der Waals surface area contributed by atoms with E-state index in [1.54, 1.807) is 18.2 Å². The van der Waals surface area contributed by atoms with Crippen molar-refractivity contribution in [3.05, 3.63) is 33.6 Å². The van der Waals surface area contributed by atoms with Crippen LogP contribution in [0.4, 0.5) is 0 Å². The summed E-state index contributed by atoms with van der Waals surface area (Å²) in [4.78, 5) is 29.3. The summed E-state index contributed by atoms with van der Waals surface area (Å²) in [7, 11) is 0. The monoisotopic (exact) mass is 376 g/mol. The Morgan fingerprint density at radius 3 is 2.84 bits per heavy atom. The van der Waals surface area contributed by atoms with Gasteiger partial charge >= 0.3 is 0 Å². The minimum absolute atomic E-state index is 0.0114. The van der Waals surface area contributed by atoms with Crippen LogP contribution in [0, 0.1) is 22.7 Å². The van der Waals surface area contributed by atoms with E-state index in [0.29, 0.717) is 27.6 Å². The van der Waals surface area contributed by atoms with E-state index in [2.05, 4.69) is 4.98 Å². The zero-order chi connectivity index (χ0) is 18.6. The van der Waals surface area contributed by atoms with Crippen molar-refractivity contribution in [2.45, 2.75) is 32.0 Å². The number of nitrogens with one attached hydrogen (secondary N) is 1. The molecule has 1 aromatic heterocycles. The average molecular weight is 377 g/mol. The van der Waals surface area contributed by atoms with E-state index < -0.39 is 5.92 Å². The Morgan fingerprint density at radius 1 is 1.52 bits per heavy atom. The lowest BCUT2D eigenvalue weighted by Crippen LogP contribution is -2.25. The molecule has 0 saturated carbocycles. The Morgan fingerprint density at radius 2 is 2.24 bits per heavy atom. The molecule has 0 radical (unpaired) electrons. The van der Waals surface area contributed by atoms with Gasteiger partial charge in [-0.25, -0.2) is 4.98 Å². The quantitative estimate of drug-likeness (QED) is 0.454. The molecular weight excluding hydrogens is 360 g/mol. The molecule has 130 valence electrons. The van der Waals surface area contributed by atoms with E-state index in [9.17, 15) is 9.59 Å². The van der Waals surface area contributed by atoms with Gasteiger partial charge in [0.05, 0.1) is 22.7 Å². The fourth-order valence-corrected chi connectivity index (χ4v) is 3.43. The van der Waals surface area contributed by atoms with Crippen molar-refractivity contribution in [3.63, 3.8) is 0 Å². The number of Topliss-reactive ketones (excluding diaryl/α,β-unsaturated/α-hetero) is 1. The summed E-state index contributed by atoms with van der Waals surface area (Å²) in [6, 6.07) is 6.73. The highest BCUT2D eigenvalue weighted by Crippen LogP contribution is 2.21. The number of thioether (sulfide) groups is 1. The number of rotatable bonds is 7. The number of halogens is 1. The third-order valence-electron chi connectivity index (χ3n) is 3.56. The number of hydrogen-bond acceptors (Lipinski definition) is 6. The predicted molar refractivity (Wildman–Crippen MR) is 99.5 cm³/mol. The van der Waals surface area contributed by atoms with Crippen molar-refractivity contribution in [2.75, 3.05) is 5.75 Å². The van der Waals surface area contributed by atoms with E-state index in [-0.39, 0.29) is 22.8 Å². The first-order valence-electron chi connectivity index (χ1n) is 7.69. The highest BCUT2D eigenvalue weighted by atomic mass is 35.5. The molecule has 0 aliphatic heterocycles. The standard InChI is InChI=1S/C17H17ClN4O2S/c1-3-6-22-16(24)12-5-4-11(18)7-14(12)21-17(22)25-9-15(23)13(8-19)10(2)20/h4-5,7,13,20H,3,6,9H2,1-2H3/t13-/m0/s1. The fourth-order valence-electron chi connectivity index (χ4n) is 2.33. The minimum Gasteiger partial charge on any atom is -0.308 e. The van der Waals surface area contributed by atoms with Crippen LogP contribution in [0.3, 0.4) is 0 Å². The smallest absolute Gasteiger partial charge is 0.262 e. The largest absolute Gasteiger partial charge is 0.308 e. The first kappa shape index (κ1) is 19.2. The molecule has 6 nitrogen and oxygen atoms in total. The fraction of sp³-hybridized carbons (Fsp3) is 0.353. The Hall–Kier alpha value is -2.17. The lowest BCUT2D eigenvalue weighted by atomic mass is 10.0. The molecule has 0 spiro atoms. The van der Waals surface area contributed by atoms with Crippen LogP contribution in [0.2, 0.25) is 5.02 Å². The second-order valence-electron chi connectivity index (χ2n) is 5.51. The number of aromatic nitrogens is 2. The van der Waals surface area contributed by atoms with Crippen LogP contribution in [0.15, 0.2) is 28.2 Å². The van der Waals surface area contributed by atoms with E-state index in [0.717, 1.165) is 18.2 Å². The molecule has 2 rings (SSSR count). The molecule has 0 fully saturated rings. The minimum atomic E-state index is -1.06. The highest BCUT2D eigenvalue weighted by Gasteiger charge is 2.21. The maximum absolute atomic E-state index is 12.7. The third-order valence-corrected chi connectivity index (χ3v) is 4.79. The molecular formula is C17H17ClN4O2S. The van der Waals surface area contributed by atoms with Crippen LogP contribution in [0.1, 0.15) is 20.3 Å². The Balaban J connectivity index is 2.41. The van der Waals surface area contributed by atoms with E-state index in [4.69, 9.17) is 22.3 Å². The molecule has 1 aromatic carbocycles. The number of hydrogen-bond donors (Lipinski definition) is 1. The van der Waals surface area contributed by atoms with Crippen molar-refractivity contribution in [2.24, 2.45) is 5.92 Å². The number of nitrogens with zero attached hydrogens (tertiary/aromatic N) is 3. The summed E-state index contributed by atoms with van der Waals surface area (Å²) in [5, 5.41) is 17.9. The van der Waals surface area contributed by atoms with Gasteiger partial charge in [-0.15, -0.1) is 0 Å². The SMILES string of the molecule is CCCn1c(SCC(=O)[C@@H](C#N)C(C)=N)nc2cc(Cl)ccc2c1=O. The maximum atomic E-state index is 12.7. The highest BCUT2D eigenvalue weighted by molar-refractivity contribution is 7.99. The molecule has 0 aliphatic carbocycles. The van der Waals surface area contributed by atoms with Gasteiger partial charge in [0.25, 0.3) is 5.56 Å².